The maximum absolute atomic E-state index is 14.0. The van der Waals surface area contributed by atoms with E-state index >= 15 is 0 Å². The fourth-order valence-corrected chi connectivity index (χ4v) is 1.92. The summed E-state index contributed by atoms with van der Waals surface area (Å²) in [6.45, 7) is 4.24. The van der Waals surface area contributed by atoms with Crippen LogP contribution in [-0.4, -0.2) is 30.4 Å². The van der Waals surface area contributed by atoms with E-state index in [1.165, 1.54) is 12.1 Å². The van der Waals surface area contributed by atoms with Gasteiger partial charge in [0.25, 0.3) is 5.91 Å². The standard InChI is InChI=1S/C16H21FN2O/c1-4-6-12(2)19(3)16(20)14-9-8-13(7-5-10-18)11-15(14)17/h8-9,11-12H,4,6,10,18H2,1-3H3. The topological polar surface area (TPSA) is 46.3 Å². The average Bonchev–Trinajstić information content (AvgIpc) is 2.44. The molecule has 0 aliphatic carbocycles. The first kappa shape index (κ1) is 16.2. The van der Waals surface area contributed by atoms with E-state index in [0.717, 1.165) is 12.8 Å². The molecule has 0 saturated carbocycles. The monoisotopic (exact) mass is 276 g/mol. The molecule has 2 N–H and O–H groups in total. The number of carbonyl (C=O) groups excluding carboxylic acids is 1. The van der Waals surface area contributed by atoms with Crippen LogP contribution in [0.3, 0.4) is 0 Å². The number of halogens is 1. The molecular weight excluding hydrogens is 255 g/mol. The Bertz CT molecular complexity index is 531. The van der Waals surface area contributed by atoms with Gasteiger partial charge in [0.05, 0.1) is 12.1 Å². The Kier molecular flexibility index (Phi) is 6.20. The minimum atomic E-state index is -0.547. The molecule has 1 aromatic rings. The van der Waals surface area contributed by atoms with E-state index in [4.69, 9.17) is 5.73 Å². The number of rotatable bonds is 4. The van der Waals surface area contributed by atoms with Crippen molar-refractivity contribution in [2.75, 3.05) is 13.6 Å². The normalized spacial score (nSPS) is 11.4. The zero-order chi connectivity index (χ0) is 15.1. The van der Waals surface area contributed by atoms with Crippen molar-refractivity contribution in [1.82, 2.24) is 4.90 Å². The molecular formula is C16H21FN2O. The number of hydrogen-bond donors (Lipinski definition) is 1. The van der Waals surface area contributed by atoms with Crippen molar-refractivity contribution in [2.45, 2.75) is 32.7 Å². The second-order valence-electron chi connectivity index (χ2n) is 4.75. The van der Waals surface area contributed by atoms with E-state index in [-0.39, 0.29) is 24.1 Å². The predicted molar refractivity (Wildman–Crippen MR) is 78.8 cm³/mol. The lowest BCUT2D eigenvalue weighted by molar-refractivity contribution is 0.0732. The first-order valence-corrected chi connectivity index (χ1v) is 6.76. The minimum absolute atomic E-state index is 0.0775. The Morgan fingerprint density at radius 2 is 2.20 bits per heavy atom. The molecule has 108 valence electrons. The van der Waals surface area contributed by atoms with Gasteiger partial charge in [-0.05, 0) is 31.5 Å². The second-order valence-corrected chi connectivity index (χ2v) is 4.75. The molecule has 0 saturated heterocycles. The SMILES string of the molecule is CCCC(C)N(C)C(=O)c1ccc(C#CCN)cc1F. The fourth-order valence-electron chi connectivity index (χ4n) is 1.92. The van der Waals surface area contributed by atoms with Crippen molar-refractivity contribution < 1.29 is 9.18 Å². The quantitative estimate of drug-likeness (QED) is 0.858. The number of carbonyl (C=O) groups is 1. The van der Waals surface area contributed by atoms with Gasteiger partial charge < -0.3 is 10.6 Å². The van der Waals surface area contributed by atoms with Crippen molar-refractivity contribution in [3.05, 3.63) is 35.1 Å². The lowest BCUT2D eigenvalue weighted by Gasteiger charge is -2.24. The van der Waals surface area contributed by atoms with Crippen LogP contribution in [0.1, 0.15) is 42.6 Å². The lowest BCUT2D eigenvalue weighted by atomic mass is 10.1. The van der Waals surface area contributed by atoms with E-state index in [1.54, 1.807) is 18.0 Å². The lowest BCUT2D eigenvalue weighted by Crippen LogP contribution is -2.35. The molecule has 0 aliphatic heterocycles. The summed E-state index contributed by atoms with van der Waals surface area (Å²) in [6, 6.07) is 4.47. The highest BCUT2D eigenvalue weighted by Gasteiger charge is 2.19. The van der Waals surface area contributed by atoms with Crippen LogP contribution < -0.4 is 5.73 Å². The molecule has 0 radical (unpaired) electrons. The molecule has 1 unspecified atom stereocenters. The number of nitrogens with two attached hydrogens (primary N) is 1. The number of hydrogen-bond acceptors (Lipinski definition) is 2. The van der Waals surface area contributed by atoms with Crippen molar-refractivity contribution in [3.63, 3.8) is 0 Å². The third-order valence-electron chi connectivity index (χ3n) is 3.22. The van der Waals surface area contributed by atoms with Gasteiger partial charge >= 0.3 is 0 Å². The van der Waals surface area contributed by atoms with Crippen LogP contribution >= 0.6 is 0 Å². The summed E-state index contributed by atoms with van der Waals surface area (Å²) in [5, 5.41) is 0. The van der Waals surface area contributed by atoms with Crippen LogP contribution in [0.25, 0.3) is 0 Å². The Balaban J connectivity index is 2.94. The zero-order valence-corrected chi connectivity index (χ0v) is 12.2. The van der Waals surface area contributed by atoms with Crippen LogP contribution in [0.4, 0.5) is 4.39 Å². The summed E-state index contributed by atoms with van der Waals surface area (Å²) in [6.07, 6.45) is 1.87. The second kappa shape index (κ2) is 7.66. The number of benzene rings is 1. The predicted octanol–water partition coefficient (Wildman–Crippen LogP) is 2.40. The summed E-state index contributed by atoms with van der Waals surface area (Å²) in [5.41, 5.74) is 5.87. The van der Waals surface area contributed by atoms with E-state index in [1.807, 2.05) is 6.92 Å². The van der Waals surface area contributed by atoms with Gasteiger partial charge in [-0.2, -0.15) is 0 Å². The molecule has 20 heavy (non-hydrogen) atoms. The number of amides is 1. The molecule has 0 heterocycles. The molecule has 0 fully saturated rings. The van der Waals surface area contributed by atoms with E-state index < -0.39 is 5.82 Å². The van der Waals surface area contributed by atoms with Crippen molar-refractivity contribution in [3.8, 4) is 11.8 Å². The van der Waals surface area contributed by atoms with Gasteiger partial charge in [-0.15, -0.1) is 0 Å². The van der Waals surface area contributed by atoms with Gasteiger partial charge in [0, 0.05) is 18.7 Å². The van der Waals surface area contributed by atoms with Crippen LogP contribution in [0.2, 0.25) is 0 Å². The Hall–Kier alpha value is -1.86. The first-order valence-electron chi connectivity index (χ1n) is 6.76. The van der Waals surface area contributed by atoms with Gasteiger partial charge in [0.15, 0.2) is 0 Å². The molecule has 1 aromatic carbocycles. The highest BCUT2D eigenvalue weighted by molar-refractivity contribution is 5.94. The third kappa shape index (κ3) is 4.07. The highest BCUT2D eigenvalue weighted by Crippen LogP contribution is 2.15. The van der Waals surface area contributed by atoms with Crippen LogP contribution in [0, 0.1) is 17.7 Å². The number of nitrogens with zero attached hydrogens (tertiary/aromatic N) is 1. The Morgan fingerprint density at radius 3 is 2.75 bits per heavy atom. The van der Waals surface area contributed by atoms with Gasteiger partial charge in [-0.3, -0.25) is 4.79 Å². The van der Waals surface area contributed by atoms with E-state index in [2.05, 4.69) is 18.8 Å². The van der Waals surface area contributed by atoms with Gasteiger partial charge in [-0.1, -0.05) is 25.2 Å². The Labute approximate surface area is 120 Å². The van der Waals surface area contributed by atoms with E-state index in [0.29, 0.717) is 5.56 Å². The van der Waals surface area contributed by atoms with Crippen molar-refractivity contribution in [2.24, 2.45) is 5.73 Å². The Morgan fingerprint density at radius 1 is 1.50 bits per heavy atom. The highest BCUT2D eigenvalue weighted by atomic mass is 19.1. The maximum Gasteiger partial charge on any atom is 0.256 e. The smallest absolute Gasteiger partial charge is 0.256 e. The molecule has 1 rings (SSSR count). The molecule has 3 nitrogen and oxygen atoms in total. The minimum Gasteiger partial charge on any atom is -0.339 e. The van der Waals surface area contributed by atoms with Crippen molar-refractivity contribution >= 4 is 5.91 Å². The van der Waals surface area contributed by atoms with Crippen molar-refractivity contribution in [1.29, 1.82) is 0 Å². The summed E-state index contributed by atoms with van der Waals surface area (Å²) in [4.78, 5) is 13.8. The zero-order valence-electron chi connectivity index (χ0n) is 12.2. The average molecular weight is 276 g/mol. The summed E-state index contributed by atoms with van der Waals surface area (Å²) >= 11 is 0. The van der Waals surface area contributed by atoms with E-state index in [9.17, 15) is 9.18 Å². The fraction of sp³-hybridized carbons (Fsp3) is 0.438. The molecule has 0 spiro atoms. The molecule has 4 heteroatoms. The van der Waals surface area contributed by atoms with Gasteiger partial charge in [0.2, 0.25) is 0 Å². The maximum atomic E-state index is 14.0. The van der Waals surface area contributed by atoms with Gasteiger partial charge in [0.1, 0.15) is 5.82 Å². The van der Waals surface area contributed by atoms with Crippen LogP contribution in [0.5, 0.6) is 0 Å². The molecule has 0 aromatic heterocycles. The molecule has 1 atom stereocenters. The first-order chi connectivity index (χ1) is 9.51. The van der Waals surface area contributed by atoms with Gasteiger partial charge in [-0.25, -0.2) is 4.39 Å². The van der Waals surface area contributed by atoms with Crippen LogP contribution in [0.15, 0.2) is 18.2 Å². The summed E-state index contributed by atoms with van der Waals surface area (Å²) < 4.78 is 14.0. The molecule has 0 bridgehead atoms. The third-order valence-corrected chi connectivity index (χ3v) is 3.22. The summed E-state index contributed by atoms with van der Waals surface area (Å²) in [7, 11) is 1.70. The molecule has 0 aliphatic rings. The molecule has 1 amide bonds. The summed E-state index contributed by atoms with van der Waals surface area (Å²) in [5.74, 6) is 4.55. The van der Waals surface area contributed by atoms with Crippen LogP contribution in [-0.2, 0) is 0 Å². The largest absolute Gasteiger partial charge is 0.339 e.